The summed E-state index contributed by atoms with van der Waals surface area (Å²) in [4.78, 5) is 18.7. The number of nitrogens with one attached hydrogen (secondary N) is 1. The molecule has 2 aromatic heterocycles. The monoisotopic (exact) mass is 371 g/mol. The van der Waals surface area contributed by atoms with E-state index in [0.29, 0.717) is 18.2 Å². The van der Waals surface area contributed by atoms with E-state index < -0.39 is 0 Å². The van der Waals surface area contributed by atoms with Gasteiger partial charge in [-0.2, -0.15) is 4.98 Å². The van der Waals surface area contributed by atoms with Crippen LogP contribution >= 0.6 is 23.1 Å². The summed E-state index contributed by atoms with van der Waals surface area (Å²) < 4.78 is 5.37. The van der Waals surface area contributed by atoms with E-state index in [0.717, 1.165) is 35.0 Å². The summed E-state index contributed by atoms with van der Waals surface area (Å²) in [6.45, 7) is 0. The molecule has 1 amide bonds. The van der Waals surface area contributed by atoms with Gasteiger partial charge in [0.2, 0.25) is 5.91 Å². The number of thiophene rings is 1. The van der Waals surface area contributed by atoms with Crippen molar-refractivity contribution in [1.82, 2.24) is 10.1 Å². The molecule has 0 aliphatic heterocycles. The zero-order chi connectivity index (χ0) is 17.1. The third kappa shape index (κ3) is 4.11. The smallest absolute Gasteiger partial charge is 0.270 e. The fourth-order valence-corrected chi connectivity index (χ4v) is 4.04. The molecule has 0 atom stereocenters. The summed E-state index contributed by atoms with van der Waals surface area (Å²) in [6, 6.07) is 12.0. The largest absolute Gasteiger partial charge is 0.333 e. The molecule has 0 bridgehead atoms. The van der Waals surface area contributed by atoms with Gasteiger partial charge in [-0.05, 0) is 36.4 Å². The van der Waals surface area contributed by atoms with Gasteiger partial charge in [0.15, 0.2) is 5.82 Å². The molecule has 1 N–H and O–H groups in total. The molecule has 7 heteroatoms. The number of anilines is 1. The van der Waals surface area contributed by atoms with Crippen LogP contribution in [0.5, 0.6) is 0 Å². The van der Waals surface area contributed by atoms with Crippen LogP contribution in [0, 0.1) is 0 Å². The van der Waals surface area contributed by atoms with Gasteiger partial charge in [0.05, 0.1) is 5.69 Å². The second-order valence-corrected chi connectivity index (χ2v) is 7.94. The second kappa shape index (κ2) is 7.41. The number of rotatable bonds is 7. The minimum absolute atomic E-state index is 0.00925. The highest BCUT2D eigenvalue weighted by molar-refractivity contribution is 7.99. The Morgan fingerprint density at radius 1 is 1.28 bits per heavy atom. The van der Waals surface area contributed by atoms with E-state index in [2.05, 4.69) is 15.5 Å². The van der Waals surface area contributed by atoms with Crippen LogP contribution < -0.4 is 5.32 Å². The highest BCUT2D eigenvalue weighted by Gasteiger charge is 2.29. The van der Waals surface area contributed by atoms with Crippen molar-refractivity contribution in [1.29, 1.82) is 0 Å². The van der Waals surface area contributed by atoms with Crippen LogP contribution in [0.3, 0.4) is 0 Å². The van der Waals surface area contributed by atoms with Crippen LogP contribution in [-0.4, -0.2) is 21.8 Å². The maximum Gasteiger partial charge on any atom is 0.270 e. The van der Waals surface area contributed by atoms with Gasteiger partial charge in [-0.15, -0.1) is 23.1 Å². The van der Waals surface area contributed by atoms with Crippen LogP contribution in [0.4, 0.5) is 5.69 Å². The van der Waals surface area contributed by atoms with E-state index in [-0.39, 0.29) is 5.91 Å². The molecule has 1 aromatic carbocycles. The normalized spacial score (nSPS) is 13.8. The Bertz CT molecular complexity index is 856. The fourth-order valence-electron chi connectivity index (χ4n) is 2.40. The Balaban J connectivity index is 1.34. The van der Waals surface area contributed by atoms with Crippen molar-refractivity contribution in [2.45, 2.75) is 30.1 Å². The fraction of sp³-hybridized carbons (Fsp3) is 0.278. The van der Waals surface area contributed by atoms with E-state index in [1.807, 2.05) is 41.8 Å². The Morgan fingerprint density at radius 2 is 2.12 bits per heavy atom. The molecule has 3 aromatic rings. The quantitative estimate of drug-likeness (QED) is 0.604. The summed E-state index contributed by atoms with van der Waals surface area (Å²) in [7, 11) is 0. The average Bonchev–Trinajstić information content (AvgIpc) is 3.18. The molecule has 5 nitrogen and oxygen atoms in total. The predicted molar refractivity (Wildman–Crippen MR) is 100.0 cm³/mol. The summed E-state index contributed by atoms with van der Waals surface area (Å²) >= 11 is 3.17. The van der Waals surface area contributed by atoms with Gasteiger partial charge in [-0.3, -0.25) is 4.79 Å². The summed E-state index contributed by atoms with van der Waals surface area (Å²) in [5, 5.41) is 8.92. The van der Waals surface area contributed by atoms with Gasteiger partial charge in [0, 0.05) is 23.0 Å². The lowest BCUT2D eigenvalue weighted by molar-refractivity contribution is -0.115. The number of hydrogen-bond acceptors (Lipinski definition) is 6. The molecule has 1 aliphatic carbocycles. The lowest BCUT2D eigenvalue weighted by atomic mass is 10.3. The van der Waals surface area contributed by atoms with Gasteiger partial charge in [0.25, 0.3) is 5.89 Å². The molecule has 0 saturated heterocycles. The van der Waals surface area contributed by atoms with E-state index >= 15 is 0 Å². The van der Waals surface area contributed by atoms with Gasteiger partial charge >= 0.3 is 0 Å². The van der Waals surface area contributed by atoms with E-state index in [1.165, 1.54) is 16.2 Å². The number of amides is 1. The summed E-state index contributed by atoms with van der Waals surface area (Å²) in [6.07, 6.45) is 2.71. The first-order valence-electron chi connectivity index (χ1n) is 8.19. The Hall–Kier alpha value is -2.12. The summed E-state index contributed by atoms with van der Waals surface area (Å²) in [5.41, 5.74) is 0.741. The van der Waals surface area contributed by atoms with Crippen molar-refractivity contribution < 1.29 is 9.32 Å². The van der Waals surface area contributed by atoms with E-state index in [9.17, 15) is 4.79 Å². The van der Waals surface area contributed by atoms with Crippen LogP contribution in [0.2, 0.25) is 0 Å². The number of benzene rings is 1. The van der Waals surface area contributed by atoms with E-state index in [4.69, 9.17) is 4.52 Å². The zero-order valence-electron chi connectivity index (χ0n) is 13.5. The van der Waals surface area contributed by atoms with Crippen molar-refractivity contribution in [3.8, 4) is 10.8 Å². The van der Waals surface area contributed by atoms with Crippen LogP contribution in [0.15, 0.2) is 51.2 Å². The molecule has 4 rings (SSSR count). The standard InChI is InChI=1S/C18H17N3O2S2/c22-15(9-11-24-13-4-2-1-3-5-13)19-14-8-10-25-16(14)18-20-17(21-23-18)12-6-7-12/h1-5,8,10,12H,6-7,9,11H2,(H,19,22). The number of thioether (sulfide) groups is 1. The van der Waals surface area contributed by atoms with Crippen molar-refractivity contribution in [2.24, 2.45) is 0 Å². The predicted octanol–water partition coefficient (Wildman–Crippen LogP) is 4.80. The summed E-state index contributed by atoms with van der Waals surface area (Å²) in [5.74, 6) is 2.45. The Morgan fingerprint density at radius 3 is 2.92 bits per heavy atom. The van der Waals surface area contributed by atoms with Gasteiger partial charge < -0.3 is 9.84 Å². The highest BCUT2D eigenvalue weighted by atomic mass is 32.2. The first-order chi connectivity index (χ1) is 12.3. The number of aromatic nitrogens is 2. The third-order valence-corrected chi connectivity index (χ3v) is 5.77. The Labute approximate surface area is 153 Å². The number of carbonyl (C=O) groups is 1. The van der Waals surface area contributed by atoms with Gasteiger partial charge in [-0.25, -0.2) is 0 Å². The van der Waals surface area contributed by atoms with Crippen LogP contribution in [-0.2, 0) is 4.79 Å². The Kier molecular flexibility index (Phi) is 4.85. The lowest BCUT2D eigenvalue weighted by Crippen LogP contribution is -2.12. The number of nitrogens with zero attached hydrogens (tertiary/aromatic N) is 2. The molecular formula is C18H17N3O2S2. The minimum Gasteiger partial charge on any atom is -0.333 e. The molecule has 1 fully saturated rings. The second-order valence-electron chi connectivity index (χ2n) is 5.86. The first kappa shape index (κ1) is 16.4. The SMILES string of the molecule is O=C(CCSc1ccccc1)Nc1ccsc1-c1nc(C2CC2)no1. The van der Waals surface area contributed by atoms with Crippen molar-refractivity contribution in [3.63, 3.8) is 0 Å². The molecule has 0 spiro atoms. The highest BCUT2D eigenvalue weighted by Crippen LogP contribution is 2.40. The van der Waals surface area contributed by atoms with Crippen LogP contribution in [0.25, 0.3) is 10.8 Å². The molecular weight excluding hydrogens is 354 g/mol. The number of hydrogen-bond donors (Lipinski definition) is 1. The average molecular weight is 371 g/mol. The first-order valence-corrected chi connectivity index (χ1v) is 10.1. The topological polar surface area (TPSA) is 68.0 Å². The van der Waals surface area contributed by atoms with Crippen LogP contribution in [0.1, 0.15) is 31.0 Å². The van der Waals surface area contributed by atoms with Crippen molar-refractivity contribution >= 4 is 34.7 Å². The van der Waals surface area contributed by atoms with Gasteiger partial charge in [-0.1, -0.05) is 23.4 Å². The molecule has 1 saturated carbocycles. The molecule has 0 unspecified atom stereocenters. The molecule has 128 valence electrons. The molecule has 25 heavy (non-hydrogen) atoms. The van der Waals surface area contributed by atoms with Gasteiger partial charge in [0.1, 0.15) is 4.88 Å². The van der Waals surface area contributed by atoms with Crippen molar-refractivity contribution in [2.75, 3.05) is 11.1 Å². The molecule has 1 aliphatic rings. The minimum atomic E-state index is -0.00925. The molecule has 2 heterocycles. The van der Waals surface area contributed by atoms with E-state index in [1.54, 1.807) is 11.8 Å². The molecule has 0 radical (unpaired) electrons. The maximum absolute atomic E-state index is 12.2. The maximum atomic E-state index is 12.2. The number of carbonyl (C=O) groups excluding carboxylic acids is 1. The zero-order valence-corrected chi connectivity index (χ0v) is 15.1. The third-order valence-electron chi connectivity index (χ3n) is 3.86. The van der Waals surface area contributed by atoms with Crippen molar-refractivity contribution in [3.05, 3.63) is 47.6 Å². The lowest BCUT2D eigenvalue weighted by Gasteiger charge is -2.05.